The topological polar surface area (TPSA) is 78.9 Å². The van der Waals surface area contributed by atoms with E-state index in [1.165, 1.54) is 0 Å². The maximum Gasteiger partial charge on any atom is 0.322 e. The summed E-state index contributed by atoms with van der Waals surface area (Å²) >= 11 is 0. The maximum absolute atomic E-state index is 12.2. The van der Waals surface area contributed by atoms with Crippen LogP contribution in [0.15, 0.2) is 24.3 Å². The Balaban J connectivity index is 1.97. The van der Waals surface area contributed by atoms with Gasteiger partial charge in [0.2, 0.25) is 0 Å². The van der Waals surface area contributed by atoms with Crippen LogP contribution in [0.4, 0.5) is 10.5 Å². The molecule has 6 heteroatoms. The van der Waals surface area contributed by atoms with E-state index in [0.717, 1.165) is 5.75 Å². The molecular weight excluding hydrogens is 272 g/mol. The highest BCUT2D eigenvalue weighted by Gasteiger charge is 2.38. The van der Waals surface area contributed by atoms with Crippen LogP contribution in [0.2, 0.25) is 0 Å². The zero-order chi connectivity index (χ0) is 15.4. The summed E-state index contributed by atoms with van der Waals surface area (Å²) in [4.78, 5) is 24.8. The number of aliphatic carboxylic acids is 1. The molecule has 0 radical (unpaired) electrons. The highest BCUT2D eigenvalue weighted by atomic mass is 16.5. The molecule has 0 saturated carbocycles. The van der Waals surface area contributed by atoms with E-state index in [2.05, 4.69) is 5.32 Å². The van der Waals surface area contributed by atoms with Crippen molar-refractivity contribution >= 4 is 17.7 Å². The van der Waals surface area contributed by atoms with Crippen LogP contribution < -0.4 is 10.1 Å². The molecule has 1 heterocycles. The molecule has 1 fully saturated rings. The van der Waals surface area contributed by atoms with Crippen molar-refractivity contribution in [3.8, 4) is 5.75 Å². The monoisotopic (exact) mass is 292 g/mol. The number of carboxylic acids is 1. The zero-order valence-electron chi connectivity index (χ0n) is 12.2. The third-order valence-electron chi connectivity index (χ3n) is 3.75. The summed E-state index contributed by atoms with van der Waals surface area (Å²) in [5, 5.41) is 11.9. The molecule has 0 aliphatic carbocycles. The van der Waals surface area contributed by atoms with Gasteiger partial charge in [0.05, 0.1) is 12.5 Å². The van der Waals surface area contributed by atoms with Gasteiger partial charge in [0.15, 0.2) is 0 Å². The Bertz CT molecular complexity index is 515. The van der Waals surface area contributed by atoms with E-state index in [-0.39, 0.29) is 12.1 Å². The van der Waals surface area contributed by atoms with Crippen LogP contribution in [0, 0.1) is 5.92 Å². The Kier molecular flexibility index (Phi) is 4.67. The molecule has 114 valence electrons. The van der Waals surface area contributed by atoms with Gasteiger partial charge in [-0.25, -0.2) is 4.79 Å². The van der Waals surface area contributed by atoms with Gasteiger partial charge in [0.1, 0.15) is 5.75 Å². The lowest BCUT2D eigenvalue weighted by atomic mass is 10.0. The van der Waals surface area contributed by atoms with E-state index >= 15 is 0 Å². The van der Waals surface area contributed by atoms with E-state index in [1.807, 2.05) is 6.92 Å². The van der Waals surface area contributed by atoms with E-state index < -0.39 is 11.9 Å². The summed E-state index contributed by atoms with van der Waals surface area (Å²) in [6.45, 7) is 4.72. The third kappa shape index (κ3) is 3.45. The molecule has 2 unspecified atom stereocenters. The van der Waals surface area contributed by atoms with E-state index in [9.17, 15) is 9.59 Å². The second-order valence-corrected chi connectivity index (χ2v) is 5.05. The number of hydrogen-bond acceptors (Lipinski definition) is 3. The van der Waals surface area contributed by atoms with Gasteiger partial charge in [-0.1, -0.05) is 0 Å². The number of benzene rings is 1. The van der Waals surface area contributed by atoms with Gasteiger partial charge in [-0.15, -0.1) is 0 Å². The molecule has 1 aliphatic heterocycles. The summed E-state index contributed by atoms with van der Waals surface area (Å²) in [6.07, 6.45) is 0.493. The fourth-order valence-corrected chi connectivity index (χ4v) is 2.55. The van der Waals surface area contributed by atoms with Gasteiger partial charge < -0.3 is 20.1 Å². The van der Waals surface area contributed by atoms with E-state index in [0.29, 0.717) is 25.3 Å². The van der Waals surface area contributed by atoms with Crippen LogP contribution in [0.3, 0.4) is 0 Å². The molecule has 1 saturated heterocycles. The quantitative estimate of drug-likeness (QED) is 0.893. The lowest BCUT2D eigenvalue weighted by Crippen LogP contribution is -2.40. The van der Waals surface area contributed by atoms with Crippen molar-refractivity contribution in [1.29, 1.82) is 0 Å². The highest BCUT2D eigenvalue weighted by molar-refractivity contribution is 5.90. The van der Waals surface area contributed by atoms with Crippen LogP contribution in [0.25, 0.3) is 0 Å². The molecule has 6 nitrogen and oxygen atoms in total. The SMILES string of the molecule is CCOc1ccc(NC(=O)N2CCC(C(=O)O)C2C)cc1. The number of likely N-dealkylation sites (tertiary alicyclic amines) is 1. The van der Waals surface area contributed by atoms with Gasteiger partial charge >= 0.3 is 12.0 Å². The van der Waals surface area contributed by atoms with Crippen molar-refractivity contribution in [2.24, 2.45) is 5.92 Å². The number of hydrogen-bond donors (Lipinski definition) is 2. The van der Waals surface area contributed by atoms with Crippen molar-refractivity contribution in [1.82, 2.24) is 4.90 Å². The third-order valence-corrected chi connectivity index (χ3v) is 3.75. The number of rotatable bonds is 4. The number of carbonyl (C=O) groups excluding carboxylic acids is 1. The molecule has 1 aliphatic rings. The number of amides is 2. The summed E-state index contributed by atoms with van der Waals surface area (Å²) in [5.74, 6) is -0.592. The Morgan fingerprint density at radius 2 is 2.05 bits per heavy atom. The first-order valence-corrected chi connectivity index (χ1v) is 7.06. The second-order valence-electron chi connectivity index (χ2n) is 5.05. The Morgan fingerprint density at radius 3 is 2.57 bits per heavy atom. The summed E-state index contributed by atoms with van der Waals surface area (Å²) in [7, 11) is 0. The molecule has 2 atom stereocenters. The first-order chi connectivity index (χ1) is 10.0. The van der Waals surface area contributed by atoms with Gasteiger partial charge in [0, 0.05) is 18.3 Å². The molecule has 1 aromatic rings. The van der Waals surface area contributed by atoms with Crippen LogP contribution in [0.5, 0.6) is 5.75 Å². The fraction of sp³-hybridized carbons (Fsp3) is 0.467. The Morgan fingerprint density at radius 1 is 1.38 bits per heavy atom. The minimum atomic E-state index is -0.848. The first kappa shape index (κ1) is 15.2. The van der Waals surface area contributed by atoms with Crippen molar-refractivity contribution in [3.05, 3.63) is 24.3 Å². The predicted molar refractivity (Wildman–Crippen MR) is 78.5 cm³/mol. The number of nitrogens with zero attached hydrogens (tertiary/aromatic N) is 1. The molecule has 1 aromatic carbocycles. The minimum Gasteiger partial charge on any atom is -0.494 e. The van der Waals surface area contributed by atoms with Crippen molar-refractivity contribution in [2.45, 2.75) is 26.3 Å². The molecule has 2 amide bonds. The molecule has 2 rings (SSSR count). The van der Waals surface area contributed by atoms with Crippen molar-refractivity contribution < 1.29 is 19.4 Å². The van der Waals surface area contributed by atoms with Gasteiger partial charge in [-0.05, 0) is 44.5 Å². The van der Waals surface area contributed by atoms with Crippen LogP contribution >= 0.6 is 0 Å². The smallest absolute Gasteiger partial charge is 0.322 e. The predicted octanol–water partition coefficient (Wildman–Crippen LogP) is 2.41. The number of carbonyl (C=O) groups is 2. The summed E-state index contributed by atoms with van der Waals surface area (Å²) < 4.78 is 5.33. The highest BCUT2D eigenvalue weighted by Crippen LogP contribution is 2.25. The second kappa shape index (κ2) is 6.47. The summed E-state index contributed by atoms with van der Waals surface area (Å²) in [6, 6.07) is 6.52. The van der Waals surface area contributed by atoms with E-state index in [1.54, 1.807) is 36.1 Å². The maximum atomic E-state index is 12.2. The molecular formula is C15H20N2O4. The Labute approximate surface area is 123 Å². The lowest BCUT2D eigenvalue weighted by molar-refractivity contribution is -0.142. The first-order valence-electron chi connectivity index (χ1n) is 7.06. The van der Waals surface area contributed by atoms with E-state index in [4.69, 9.17) is 9.84 Å². The Hall–Kier alpha value is -2.24. The van der Waals surface area contributed by atoms with Crippen molar-refractivity contribution in [3.63, 3.8) is 0 Å². The van der Waals surface area contributed by atoms with Crippen molar-refractivity contribution in [2.75, 3.05) is 18.5 Å². The standard InChI is InChI=1S/C15H20N2O4/c1-3-21-12-6-4-11(5-7-12)16-15(20)17-9-8-13(10(17)2)14(18)19/h4-7,10,13H,3,8-9H2,1-2H3,(H,16,20)(H,18,19). The summed E-state index contributed by atoms with van der Waals surface area (Å²) in [5.41, 5.74) is 0.662. The number of nitrogens with one attached hydrogen (secondary N) is 1. The number of anilines is 1. The molecule has 0 bridgehead atoms. The largest absolute Gasteiger partial charge is 0.494 e. The van der Waals surface area contributed by atoms with Crippen LogP contribution in [0.1, 0.15) is 20.3 Å². The fourth-order valence-electron chi connectivity index (χ4n) is 2.55. The zero-order valence-corrected chi connectivity index (χ0v) is 12.2. The normalized spacial score (nSPS) is 21.1. The molecule has 0 aromatic heterocycles. The van der Waals surface area contributed by atoms with Crippen LogP contribution in [-0.2, 0) is 4.79 Å². The molecule has 21 heavy (non-hydrogen) atoms. The van der Waals surface area contributed by atoms with Gasteiger partial charge in [0.25, 0.3) is 0 Å². The number of ether oxygens (including phenoxy) is 1. The minimum absolute atomic E-state index is 0.268. The average Bonchev–Trinajstić information content (AvgIpc) is 2.83. The van der Waals surface area contributed by atoms with Gasteiger partial charge in [-0.3, -0.25) is 4.79 Å². The molecule has 2 N–H and O–H groups in total. The average molecular weight is 292 g/mol. The number of carboxylic acid groups (broad SMARTS) is 1. The lowest BCUT2D eigenvalue weighted by Gasteiger charge is -2.23. The van der Waals surface area contributed by atoms with Gasteiger partial charge in [-0.2, -0.15) is 0 Å². The number of urea groups is 1. The molecule has 0 spiro atoms. The van der Waals surface area contributed by atoms with Crippen LogP contribution in [-0.4, -0.2) is 41.2 Å².